The van der Waals surface area contributed by atoms with Gasteiger partial charge in [0.1, 0.15) is 6.04 Å². The van der Waals surface area contributed by atoms with E-state index in [1.54, 1.807) is 25.1 Å². The lowest BCUT2D eigenvalue weighted by Gasteiger charge is -2.18. The van der Waals surface area contributed by atoms with Crippen molar-refractivity contribution in [3.05, 3.63) is 23.8 Å². The summed E-state index contributed by atoms with van der Waals surface area (Å²) in [4.78, 5) is 11.7. The summed E-state index contributed by atoms with van der Waals surface area (Å²) in [5, 5.41) is 14.6. The Morgan fingerprint density at radius 3 is 2.61 bits per heavy atom. The molecule has 0 heterocycles. The Kier molecular flexibility index (Phi) is 4.55. The van der Waals surface area contributed by atoms with Gasteiger partial charge in [-0.25, -0.2) is 0 Å². The minimum absolute atomic E-state index is 0.0875. The highest BCUT2D eigenvalue weighted by molar-refractivity contribution is 5.85. The van der Waals surface area contributed by atoms with E-state index in [9.17, 15) is 4.79 Å². The van der Waals surface area contributed by atoms with Crippen molar-refractivity contribution in [3.63, 3.8) is 0 Å². The van der Waals surface area contributed by atoms with Gasteiger partial charge >= 0.3 is 0 Å². The Bertz CT molecular complexity index is 476. The first-order valence-corrected chi connectivity index (χ1v) is 5.80. The number of nitriles is 1. The van der Waals surface area contributed by atoms with Crippen LogP contribution in [0.3, 0.4) is 0 Å². The smallest absolute Gasteiger partial charge is 0.242 e. The van der Waals surface area contributed by atoms with E-state index < -0.39 is 6.04 Å². The first-order valence-electron chi connectivity index (χ1n) is 5.80. The number of nitrogen functional groups attached to an aromatic ring is 1. The van der Waals surface area contributed by atoms with Crippen LogP contribution in [0.5, 0.6) is 0 Å². The van der Waals surface area contributed by atoms with Crippen molar-refractivity contribution in [2.24, 2.45) is 0 Å². The summed E-state index contributed by atoms with van der Waals surface area (Å²) in [6.07, 6.45) is 0. The van der Waals surface area contributed by atoms with E-state index in [2.05, 4.69) is 10.6 Å². The van der Waals surface area contributed by atoms with Crippen molar-refractivity contribution in [2.45, 2.75) is 32.9 Å². The molecule has 1 unspecified atom stereocenters. The number of carbonyl (C=O) groups excluding carboxylic acids is 1. The van der Waals surface area contributed by atoms with Gasteiger partial charge in [0, 0.05) is 6.04 Å². The summed E-state index contributed by atoms with van der Waals surface area (Å²) < 4.78 is 0. The lowest BCUT2D eigenvalue weighted by atomic mass is 10.1. The van der Waals surface area contributed by atoms with Crippen LogP contribution in [0.15, 0.2) is 18.2 Å². The molecule has 18 heavy (non-hydrogen) atoms. The van der Waals surface area contributed by atoms with Crippen molar-refractivity contribution >= 4 is 17.3 Å². The first-order chi connectivity index (χ1) is 8.43. The SMILES string of the molecule is CC(C)NC(=O)C(C)Nc1cc(C#N)ccc1N. The molecule has 0 aliphatic rings. The first kappa shape index (κ1) is 13.8. The Labute approximate surface area is 107 Å². The van der Waals surface area contributed by atoms with E-state index >= 15 is 0 Å². The van der Waals surface area contributed by atoms with Gasteiger partial charge in [-0.2, -0.15) is 5.26 Å². The molecule has 0 aliphatic carbocycles. The summed E-state index contributed by atoms with van der Waals surface area (Å²) >= 11 is 0. The molecule has 1 atom stereocenters. The Morgan fingerprint density at radius 2 is 2.06 bits per heavy atom. The summed E-state index contributed by atoms with van der Waals surface area (Å²) in [5.74, 6) is -0.105. The molecule has 5 nitrogen and oxygen atoms in total. The largest absolute Gasteiger partial charge is 0.397 e. The molecule has 0 radical (unpaired) electrons. The number of amides is 1. The molecular formula is C13H18N4O. The lowest BCUT2D eigenvalue weighted by molar-refractivity contribution is -0.122. The number of carbonyl (C=O) groups is 1. The zero-order valence-electron chi connectivity index (χ0n) is 10.8. The molecule has 96 valence electrons. The van der Waals surface area contributed by atoms with E-state index in [0.29, 0.717) is 16.9 Å². The normalized spacial score (nSPS) is 11.7. The number of nitrogens with two attached hydrogens (primary N) is 1. The fourth-order valence-corrected chi connectivity index (χ4v) is 1.46. The molecule has 1 rings (SSSR count). The summed E-state index contributed by atoms with van der Waals surface area (Å²) in [7, 11) is 0. The molecule has 5 heteroatoms. The number of nitrogens with zero attached hydrogens (tertiary/aromatic N) is 1. The highest BCUT2D eigenvalue weighted by atomic mass is 16.2. The minimum atomic E-state index is -0.413. The zero-order valence-corrected chi connectivity index (χ0v) is 10.8. The van der Waals surface area contributed by atoms with Gasteiger partial charge in [0.2, 0.25) is 5.91 Å². The Morgan fingerprint density at radius 1 is 1.39 bits per heavy atom. The number of hydrogen-bond acceptors (Lipinski definition) is 4. The second kappa shape index (κ2) is 5.92. The lowest BCUT2D eigenvalue weighted by Crippen LogP contribution is -2.41. The monoisotopic (exact) mass is 246 g/mol. The summed E-state index contributed by atoms with van der Waals surface area (Å²) in [6, 6.07) is 6.63. The second-order valence-corrected chi connectivity index (χ2v) is 4.44. The topological polar surface area (TPSA) is 90.9 Å². The fourth-order valence-electron chi connectivity index (χ4n) is 1.46. The third kappa shape index (κ3) is 3.67. The maximum Gasteiger partial charge on any atom is 0.242 e. The third-order valence-corrected chi connectivity index (χ3v) is 2.38. The Balaban J connectivity index is 2.78. The molecule has 0 fully saturated rings. The van der Waals surface area contributed by atoms with Gasteiger partial charge < -0.3 is 16.4 Å². The van der Waals surface area contributed by atoms with Gasteiger partial charge in [-0.1, -0.05) is 0 Å². The van der Waals surface area contributed by atoms with E-state index in [1.165, 1.54) is 0 Å². The van der Waals surface area contributed by atoms with Crippen molar-refractivity contribution in [1.82, 2.24) is 5.32 Å². The maximum absolute atomic E-state index is 11.7. The van der Waals surface area contributed by atoms with E-state index in [0.717, 1.165) is 0 Å². The molecule has 0 spiro atoms. The molecule has 1 amide bonds. The van der Waals surface area contributed by atoms with Gasteiger partial charge in [-0.3, -0.25) is 4.79 Å². The van der Waals surface area contributed by atoms with E-state index in [-0.39, 0.29) is 11.9 Å². The van der Waals surface area contributed by atoms with Crippen LogP contribution in [0, 0.1) is 11.3 Å². The molecule has 0 bridgehead atoms. The van der Waals surface area contributed by atoms with Crippen molar-refractivity contribution in [3.8, 4) is 6.07 Å². The number of benzene rings is 1. The second-order valence-electron chi connectivity index (χ2n) is 4.44. The molecule has 0 aromatic heterocycles. The fraction of sp³-hybridized carbons (Fsp3) is 0.385. The van der Waals surface area contributed by atoms with E-state index in [1.807, 2.05) is 19.9 Å². The van der Waals surface area contributed by atoms with Gasteiger partial charge in [0.15, 0.2) is 0 Å². The van der Waals surface area contributed by atoms with Crippen LogP contribution in [0.1, 0.15) is 26.3 Å². The predicted octanol–water partition coefficient (Wildman–Crippen LogP) is 1.47. The quantitative estimate of drug-likeness (QED) is 0.701. The van der Waals surface area contributed by atoms with Crippen LogP contribution in [-0.4, -0.2) is 18.0 Å². The molecule has 1 aromatic rings. The van der Waals surface area contributed by atoms with Gasteiger partial charge in [-0.15, -0.1) is 0 Å². The predicted molar refractivity (Wildman–Crippen MR) is 71.9 cm³/mol. The van der Waals surface area contributed by atoms with Gasteiger partial charge in [-0.05, 0) is 39.0 Å². The Hall–Kier alpha value is -2.22. The third-order valence-electron chi connectivity index (χ3n) is 2.38. The van der Waals surface area contributed by atoms with E-state index in [4.69, 9.17) is 11.0 Å². The van der Waals surface area contributed by atoms with Crippen LogP contribution >= 0.6 is 0 Å². The van der Waals surface area contributed by atoms with Crippen molar-refractivity contribution in [2.75, 3.05) is 11.1 Å². The van der Waals surface area contributed by atoms with Crippen molar-refractivity contribution in [1.29, 1.82) is 5.26 Å². The maximum atomic E-state index is 11.7. The highest BCUT2D eigenvalue weighted by Crippen LogP contribution is 2.20. The minimum Gasteiger partial charge on any atom is -0.397 e. The molecular weight excluding hydrogens is 228 g/mol. The zero-order chi connectivity index (χ0) is 13.7. The standard InChI is InChI=1S/C13H18N4O/c1-8(2)16-13(18)9(3)17-12-6-10(7-14)4-5-11(12)15/h4-6,8-9,17H,15H2,1-3H3,(H,16,18). The number of rotatable bonds is 4. The summed E-state index contributed by atoms with van der Waals surface area (Å²) in [5.41, 5.74) is 7.40. The van der Waals surface area contributed by atoms with Crippen LogP contribution < -0.4 is 16.4 Å². The van der Waals surface area contributed by atoms with Crippen LogP contribution in [0.25, 0.3) is 0 Å². The van der Waals surface area contributed by atoms with Crippen LogP contribution in [0.4, 0.5) is 11.4 Å². The van der Waals surface area contributed by atoms with Crippen LogP contribution in [-0.2, 0) is 4.79 Å². The highest BCUT2D eigenvalue weighted by Gasteiger charge is 2.14. The molecule has 1 aromatic carbocycles. The molecule has 4 N–H and O–H groups in total. The molecule has 0 saturated heterocycles. The number of anilines is 2. The van der Waals surface area contributed by atoms with Gasteiger partial charge in [0.05, 0.1) is 23.0 Å². The van der Waals surface area contributed by atoms with Gasteiger partial charge in [0.25, 0.3) is 0 Å². The van der Waals surface area contributed by atoms with Crippen molar-refractivity contribution < 1.29 is 4.79 Å². The molecule has 0 saturated carbocycles. The number of hydrogen-bond donors (Lipinski definition) is 3. The van der Waals surface area contributed by atoms with Crippen LogP contribution in [0.2, 0.25) is 0 Å². The number of nitrogens with one attached hydrogen (secondary N) is 2. The molecule has 0 aliphatic heterocycles. The average Bonchev–Trinajstić information content (AvgIpc) is 2.31. The summed E-state index contributed by atoms with van der Waals surface area (Å²) in [6.45, 7) is 5.54. The average molecular weight is 246 g/mol.